The quantitative estimate of drug-likeness (QED) is 0.485. The van der Waals surface area contributed by atoms with Gasteiger partial charge in [0.25, 0.3) is 0 Å². The molecule has 0 atom stereocenters. The first kappa shape index (κ1) is 19.2. The molecule has 0 radical (unpaired) electrons. The van der Waals surface area contributed by atoms with Crippen molar-refractivity contribution in [3.63, 3.8) is 0 Å². The van der Waals surface area contributed by atoms with Gasteiger partial charge in [-0.05, 0) is 46.8 Å². The number of rotatable bonds is 6. The SMILES string of the molecule is O=C(/C=C/c1cccc(F)c1)Cc1scc(-c2ccc(Br)cc2)c1C(=O)O. The Hall–Kier alpha value is -2.57. The molecule has 3 rings (SSSR count). The predicted octanol–water partition coefficient (Wildman–Crippen LogP) is 5.84. The fourth-order valence-corrected chi connectivity index (χ4v) is 3.94. The predicted molar refractivity (Wildman–Crippen MR) is 109 cm³/mol. The minimum Gasteiger partial charge on any atom is -0.478 e. The summed E-state index contributed by atoms with van der Waals surface area (Å²) in [6.07, 6.45) is 2.85. The van der Waals surface area contributed by atoms with Crippen LogP contribution in [0, 0.1) is 5.82 Å². The second-order valence-electron chi connectivity index (χ2n) is 5.79. The number of ketones is 1. The maximum Gasteiger partial charge on any atom is 0.337 e. The van der Waals surface area contributed by atoms with Crippen LogP contribution in [-0.4, -0.2) is 16.9 Å². The van der Waals surface area contributed by atoms with Crippen LogP contribution in [0.5, 0.6) is 0 Å². The van der Waals surface area contributed by atoms with Crippen LogP contribution in [0.1, 0.15) is 20.8 Å². The van der Waals surface area contributed by atoms with Gasteiger partial charge in [-0.2, -0.15) is 0 Å². The number of halogens is 2. The van der Waals surface area contributed by atoms with Crippen molar-refractivity contribution in [2.75, 3.05) is 0 Å². The number of carbonyl (C=O) groups is 2. The lowest BCUT2D eigenvalue weighted by atomic mass is 10.0. The highest BCUT2D eigenvalue weighted by molar-refractivity contribution is 9.10. The van der Waals surface area contributed by atoms with Crippen molar-refractivity contribution in [3.05, 3.63) is 86.3 Å². The van der Waals surface area contributed by atoms with E-state index in [-0.39, 0.29) is 23.6 Å². The first-order valence-electron chi connectivity index (χ1n) is 8.00. The van der Waals surface area contributed by atoms with Crippen LogP contribution in [0.25, 0.3) is 17.2 Å². The van der Waals surface area contributed by atoms with Gasteiger partial charge in [0.2, 0.25) is 0 Å². The van der Waals surface area contributed by atoms with Crippen LogP contribution in [0.15, 0.2) is 64.5 Å². The van der Waals surface area contributed by atoms with Gasteiger partial charge in [0.05, 0.1) is 5.56 Å². The van der Waals surface area contributed by atoms with Crippen molar-refractivity contribution >= 4 is 45.1 Å². The summed E-state index contributed by atoms with van der Waals surface area (Å²) in [5.41, 5.74) is 2.09. The average molecular weight is 445 g/mol. The Morgan fingerprint density at radius 1 is 1.15 bits per heavy atom. The molecule has 27 heavy (non-hydrogen) atoms. The number of carbonyl (C=O) groups excluding carboxylic acids is 1. The molecule has 6 heteroatoms. The maximum absolute atomic E-state index is 13.2. The highest BCUT2D eigenvalue weighted by Gasteiger charge is 2.20. The summed E-state index contributed by atoms with van der Waals surface area (Å²) in [6.45, 7) is 0. The van der Waals surface area contributed by atoms with Crippen molar-refractivity contribution in [1.82, 2.24) is 0 Å². The Kier molecular flexibility index (Phi) is 5.98. The molecule has 3 aromatic rings. The molecule has 0 unspecified atom stereocenters. The summed E-state index contributed by atoms with van der Waals surface area (Å²) in [4.78, 5) is 24.5. The standard InChI is InChI=1S/C21H14BrFO3S/c22-15-7-5-14(6-8-15)18-12-27-19(20(18)21(25)26)11-17(24)9-4-13-2-1-3-16(23)10-13/h1-10,12H,11H2,(H,25,26)/b9-4+. The number of carboxylic acids is 1. The van der Waals surface area contributed by atoms with E-state index in [1.54, 1.807) is 17.5 Å². The van der Waals surface area contributed by atoms with Gasteiger partial charge in [0.1, 0.15) is 5.82 Å². The van der Waals surface area contributed by atoms with Crippen molar-refractivity contribution in [3.8, 4) is 11.1 Å². The molecule has 136 valence electrons. The van der Waals surface area contributed by atoms with Gasteiger partial charge >= 0.3 is 5.97 Å². The van der Waals surface area contributed by atoms with E-state index in [4.69, 9.17) is 0 Å². The van der Waals surface area contributed by atoms with Crippen LogP contribution in [0.3, 0.4) is 0 Å². The third-order valence-electron chi connectivity index (χ3n) is 3.88. The minimum absolute atomic E-state index is 0.0192. The molecular weight excluding hydrogens is 431 g/mol. The molecule has 1 aromatic heterocycles. The Bertz CT molecular complexity index is 1020. The molecule has 0 spiro atoms. The number of carboxylic acid groups (broad SMARTS) is 1. The largest absolute Gasteiger partial charge is 0.478 e. The Labute approximate surface area is 167 Å². The molecule has 2 aromatic carbocycles. The Morgan fingerprint density at radius 2 is 1.89 bits per heavy atom. The lowest BCUT2D eigenvalue weighted by molar-refractivity contribution is -0.113. The second-order valence-corrected chi connectivity index (χ2v) is 7.67. The fourth-order valence-electron chi connectivity index (χ4n) is 2.62. The third kappa shape index (κ3) is 4.78. The highest BCUT2D eigenvalue weighted by Crippen LogP contribution is 2.33. The topological polar surface area (TPSA) is 54.4 Å². The summed E-state index contributed by atoms with van der Waals surface area (Å²) >= 11 is 4.60. The molecule has 0 saturated carbocycles. The zero-order valence-corrected chi connectivity index (χ0v) is 16.4. The smallest absolute Gasteiger partial charge is 0.337 e. The van der Waals surface area contributed by atoms with Gasteiger partial charge in [-0.15, -0.1) is 11.3 Å². The summed E-state index contributed by atoms with van der Waals surface area (Å²) in [5, 5.41) is 11.4. The molecule has 0 aliphatic heterocycles. The number of hydrogen-bond donors (Lipinski definition) is 1. The van der Waals surface area contributed by atoms with Crippen LogP contribution in [-0.2, 0) is 11.2 Å². The lowest BCUT2D eigenvalue weighted by Gasteiger charge is -2.03. The molecule has 0 bridgehead atoms. The highest BCUT2D eigenvalue weighted by atomic mass is 79.9. The van der Waals surface area contributed by atoms with E-state index in [2.05, 4.69) is 15.9 Å². The number of hydrogen-bond acceptors (Lipinski definition) is 3. The van der Waals surface area contributed by atoms with Crippen molar-refractivity contribution in [2.45, 2.75) is 6.42 Å². The number of aromatic carboxylic acids is 1. The van der Waals surface area contributed by atoms with Crippen LogP contribution in [0.2, 0.25) is 0 Å². The monoisotopic (exact) mass is 444 g/mol. The van der Waals surface area contributed by atoms with Crippen molar-refractivity contribution < 1.29 is 19.1 Å². The first-order valence-corrected chi connectivity index (χ1v) is 9.67. The molecule has 0 amide bonds. The zero-order valence-electron chi connectivity index (χ0n) is 14.0. The van der Waals surface area contributed by atoms with E-state index in [1.807, 2.05) is 24.3 Å². The Morgan fingerprint density at radius 3 is 2.56 bits per heavy atom. The molecule has 1 heterocycles. The minimum atomic E-state index is -1.06. The molecular formula is C21H14BrFO3S. The second kappa shape index (κ2) is 8.41. The van der Waals surface area contributed by atoms with Crippen LogP contribution in [0.4, 0.5) is 4.39 Å². The van der Waals surface area contributed by atoms with E-state index < -0.39 is 5.97 Å². The van der Waals surface area contributed by atoms with E-state index >= 15 is 0 Å². The number of allylic oxidation sites excluding steroid dienone is 1. The van der Waals surface area contributed by atoms with Gasteiger partial charge in [-0.1, -0.05) is 46.3 Å². The van der Waals surface area contributed by atoms with Gasteiger partial charge in [0.15, 0.2) is 5.78 Å². The van der Waals surface area contributed by atoms with E-state index in [0.29, 0.717) is 16.0 Å². The van der Waals surface area contributed by atoms with Gasteiger partial charge in [-0.25, -0.2) is 9.18 Å². The normalized spacial score (nSPS) is 11.0. The molecule has 0 fully saturated rings. The van der Waals surface area contributed by atoms with Crippen molar-refractivity contribution in [1.29, 1.82) is 0 Å². The first-order chi connectivity index (χ1) is 12.9. The van der Waals surface area contributed by atoms with Crippen molar-refractivity contribution in [2.24, 2.45) is 0 Å². The average Bonchev–Trinajstić information content (AvgIpc) is 3.04. The van der Waals surface area contributed by atoms with E-state index in [1.165, 1.54) is 35.6 Å². The summed E-state index contributed by atoms with van der Waals surface area (Å²) in [5.74, 6) is -1.69. The lowest BCUT2D eigenvalue weighted by Crippen LogP contribution is -2.05. The third-order valence-corrected chi connectivity index (χ3v) is 5.40. The zero-order chi connectivity index (χ0) is 19.4. The summed E-state index contributed by atoms with van der Waals surface area (Å²) < 4.78 is 14.1. The van der Waals surface area contributed by atoms with E-state index in [0.717, 1.165) is 10.0 Å². The van der Waals surface area contributed by atoms with Gasteiger partial charge in [-0.3, -0.25) is 4.79 Å². The maximum atomic E-state index is 13.2. The molecule has 0 aliphatic rings. The van der Waals surface area contributed by atoms with E-state index in [9.17, 15) is 19.1 Å². The molecule has 1 N–H and O–H groups in total. The molecule has 0 aliphatic carbocycles. The summed E-state index contributed by atoms with van der Waals surface area (Å²) in [7, 11) is 0. The van der Waals surface area contributed by atoms with Gasteiger partial charge < -0.3 is 5.11 Å². The number of thiophene rings is 1. The van der Waals surface area contributed by atoms with Gasteiger partial charge in [0, 0.05) is 21.3 Å². The molecule has 0 saturated heterocycles. The fraction of sp³-hybridized carbons (Fsp3) is 0.0476. The summed E-state index contributed by atoms with van der Waals surface area (Å²) in [6, 6.07) is 13.2. The number of benzene rings is 2. The molecule has 3 nitrogen and oxygen atoms in total. The van der Waals surface area contributed by atoms with Crippen LogP contribution >= 0.6 is 27.3 Å². The Balaban J connectivity index is 1.83. The van der Waals surface area contributed by atoms with Crippen LogP contribution < -0.4 is 0 Å².